The summed E-state index contributed by atoms with van der Waals surface area (Å²) in [5.74, 6) is 0.775. The molecule has 0 radical (unpaired) electrons. The molecule has 0 unspecified atom stereocenters. The molecule has 4 heteroatoms. The molecular weight excluding hydrogens is 216 g/mol. The summed E-state index contributed by atoms with van der Waals surface area (Å²) in [6, 6.07) is 7.74. The maximum Gasteiger partial charge on any atom is 0.262 e. The highest BCUT2D eigenvalue weighted by Crippen LogP contribution is 2.16. The molecule has 1 aliphatic rings. The second-order valence-corrected chi connectivity index (χ2v) is 3.90. The third-order valence-corrected chi connectivity index (χ3v) is 2.44. The number of carbonyl (C=O) groups is 1. The zero-order chi connectivity index (χ0) is 12.1. The van der Waals surface area contributed by atoms with E-state index in [1.807, 2.05) is 30.3 Å². The van der Waals surface area contributed by atoms with Crippen molar-refractivity contribution in [2.24, 2.45) is 0 Å². The van der Waals surface area contributed by atoms with Crippen LogP contribution in [0.2, 0.25) is 0 Å². The Morgan fingerprint density at radius 2 is 2.35 bits per heavy atom. The molecule has 2 rings (SSSR count). The molecule has 0 atom stereocenters. The number of rotatable bonds is 4. The number of amides is 1. The van der Waals surface area contributed by atoms with Crippen LogP contribution in [0.5, 0.6) is 5.75 Å². The molecular formula is C13H16N2O2. The third-order valence-electron chi connectivity index (χ3n) is 2.44. The summed E-state index contributed by atoms with van der Waals surface area (Å²) in [6.07, 6.45) is 2.85. The molecule has 4 nitrogen and oxygen atoms in total. The van der Waals surface area contributed by atoms with Crippen molar-refractivity contribution in [1.29, 1.82) is 0 Å². The number of nitrogens with one attached hydrogen (secondary N) is 2. The van der Waals surface area contributed by atoms with Crippen LogP contribution in [-0.2, 0) is 4.79 Å². The molecule has 1 amide bonds. The number of hydrazine groups is 1. The molecule has 0 saturated carbocycles. The monoisotopic (exact) mass is 232 g/mol. The minimum absolute atomic E-state index is 0.0649. The smallest absolute Gasteiger partial charge is 0.262 e. The average molecular weight is 232 g/mol. The molecule has 2 N–H and O–H groups in total. The van der Waals surface area contributed by atoms with Gasteiger partial charge in [-0.3, -0.25) is 10.2 Å². The minimum atomic E-state index is -0.0649. The van der Waals surface area contributed by atoms with Crippen LogP contribution in [-0.4, -0.2) is 19.1 Å². The van der Waals surface area contributed by atoms with Crippen LogP contribution >= 0.6 is 0 Å². The summed E-state index contributed by atoms with van der Waals surface area (Å²) in [4.78, 5) is 11.4. The first kappa shape index (κ1) is 11.7. The lowest BCUT2D eigenvalue weighted by Crippen LogP contribution is -2.25. The molecule has 1 fully saturated rings. The van der Waals surface area contributed by atoms with Gasteiger partial charge in [0.05, 0.1) is 6.61 Å². The Morgan fingerprint density at radius 1 is 1.47 bits per heavy atom. The Bertz CT molecular complexity index is 441. The molecule has 17 heavy (non-hydrogen) atoms. The van der Waals surface area contributed by atoms with Crippen LogP contribution in [0, 0.1) is 0 Å². The van der Waals surface area contributed by atoms with Gasteiger partial charge < -0.3 is 4.74 Å². The van der Waals surface area contributed by atoms with Gasteiger partial charge in [-0.1, -0.05) is 19.1 Å². The van der Waals surface area contributed by atoms with E-state index in [9.17, 15) is 4.79 Å². The first-order chi connectivity index (χ1) is 8.29. The van der Waals surface area contributed by atoms with Crippen molar-refractivity contribution >= 4 is 12.0 Å². The van der Waals surface area contributed by atoms with E-state index in [0.717, 1.165) is 23.3 Å². The Kier molecular flexibility index (Phi) is 3.77. The lowest BCUT2D eigenvalue weighted by molar-refractivity contribution is -0.116. The van der Waals surface area contributed by atoms with Crippen LogP contribution in [0.3, 0.4) is 0 Å². The van der Waals surface area contributed by atoms with E-state index in [1.165, 1.54) is 0 Å². The lowest BCUT2D eigenvalue weighted by atomic mass is 10.1. The zero-order valence-corrected chi connectivity index (χ0v) is 9.82. The highest BCUT2D eigenvalue weighted by Gasteiger charge is 2.15. The number of benzene rings is 1. The van der Waals surface area contributed by atoms with Gasteiger partial charge in [-0.05, 0) is 30.2 Å². The molecule has 1 saturated heterocycles. The van der Waals surface area contributed by atoms with Gasteiger partial charge in [0.2, 0.25) is 0 Å². The highest BCUT2D eigenvalue weighted by molar-refractivity contribution is 5.99. The van der Waals surface area contributed by atoms with Gasteiger partial charge >= 0.3 is 0 Å². The van der Waals surface area contributed by atoms with Gasteiger partial charge in [-0.25, -0.2) is 5.43 Å². The Morgan fingerprint density at radius 3 is 3.06 bits per heavy atom. The Labute approximate surface area is 101 Å². The maximum atomic E-state index is 11.4. The number of carbonyl (C=O) groups excluding carboxylic acids is 1. The quantitative estimate of drug-likeness (QED) is 0.773. The van der Waals surface area contributed by atoms with E-state index in [2.05, 4.69) is 17.8 Å². The standard InChI is InChI=1S/C13H16N2O2/c1-2-6-17-12-5-3-4-10(8-12)7-11-9-14-15-13(11)16/h3-5,7-8,14H,2,6,9H2,1H3,(H,15,16)/b11-7+. The van der Waals surface area contributed by atoms with Gasteiger partial charge in [-0.2, -0.15) is 0 Å². The van der Waals surface area contributed by atoms with Crippen molar-refractivity contribution in [2.45, 2.75) is 13.3 Å². The van der Waals surface area contributed by atoms with Crippen LogP contribution in [0.15, 0.2) is 29.8 Å². The number of ether oxygens (including phenoxy) is 1. The molecule has 0 bridgehead atoms. The van der Waals surface area contributed by atoms with Gasteiger partial charge in [0, 0.05) is 12.1 Å². The van der Waals surface area contributed by atoms with Crippen molar-refractivity contribution in [2.75, 3.05) is 13.2 Å². The van der Waals surface area contributed by atoms with Crippen LogP contribution in [0.4, 0.5) is 0 Å². The maximum absolute atomic E-state index is 11.4. The third kappa shape index (κ3) is 3.07. The van der Waals surface area contributed by atoms with Crippen molar-refractivity contribution in [3.05, 3.63) is 35.4 Å². The summed E-state index contributed by atoms with van der Waals surface area (Å²) in [5, 5.41) is 0. The van der Waals surface area contributed by atoms with E-state index < -0.39 is 0 Å². The van der Waals surface area contributed by atoms with E-state index in [1.54, 1.807) is 0 Å². The van der Waals surface area contributed by atoms with Crippen LogP contribution < -0.4 is 15.6 Å². The predicted molar refractivity (Wildman–Crippen MR) is 66.4 cm³/mol. The molecule has 90 valence electrons. The fraction of sp³-hybridized carbons (Fsp3) is 0.308. The lowest BCUT2D eigenvalue weighted by Gasteiger charge is -2.05. The van der Waals surface area contributed by atoms with E-state index >= 15 is 0 Å². The van der Waals surface area contributed by atoms with Gasteiger partial charge in [0.25, 0.3) is 5.91 Å². The Hall–Kier alpha value is -1.81. The summed E-state index contributed by atoms with van der Waals surface area (Å²) in [5.41, 5.74) is 7.06. The van der Waals surface area contributed by atoms with Crippen molar-refractivity contribution in [1.82, 2.24) is 10.9 Å². The van der Waals surface area contributed by atoms with Crippen molar-refractivity contribution < 1.29 is 9.53 Å². The van der Waals surface area contributed by atoms with Crippen molar-refractivity contribution in [3.63, 3.8) is 0 Å². The number of hydrogen-bond acceptors (Lipinski definition) is 3. The second-order valence-electron chi connectivity index (χ2n) is 3.90. The highest BCUT2D eigenvalue weighted by atomic mass is 16.5. The fourth-order valence-corrected chi connectivity index (χ4v) is 1.61. The van der Waals surface area contributed by atoms with Gasteiger partial charge in [0.15, 0.2) is 0 Å². The molecule has 1 aliphatic heterocycles. The summed E-state index contributed by atoms with van der Waals surface area (Å²) >= 11 is 0. The topological polar surface area (TPSA) is 50.4 Å². The minimum Gasteiger partial charge on any atom is -0.494 e. The molecule has 1 aromatic rings. The normalized spacial score (nSPS) is 17.2. The Balaban J connectivity index is 2.13. The zero-order valence-electron chi connectivity index (χ0n) is 9.82. The first-order valence-electron chi connectivity index (χ1n) is 5.76. The van der Waals surface area contributed by atoms with Crippen molar-refractivity contribution in [3.8, 4) is 5.75 Å². The fourth-order valence-electron chi connectivity index (χ4n) is 1.61. The molecule has 1 heterocycles. The van der Waals surface area contributed by atoms with E-state index in [4.69, 9.17) is 4.74 Å². The number of hydrogen-bond donors (Lipinski definition) is 2. The molecule has 0 aliphatic carbocycles. The van der Waals surface area contributed by atoms with E-state index in [0.29, 0.717) is 13.2 Å². The summed E-state index contributed by atoms with van der Waals surface area (Å²) in [6.45, 7) is 3.33. The van der Waals surface area contributed by atoms with Gasteiger partial charge in [0.1, 0.15) is 5.75 Å². The second kappa shape index (κ2) is 5.50. The molecule has 0 spiro atoms. The first-order valence-corrected chi connectivity index (χ1v) is 5.76. The van der Waals surface area contributed by atoms with E-state index in [-0.39, 0.29) is 5.91 Å². The SMILES string of the molecule is CCCOc1cccc(/C=C2\CNNC2=O)c1. The summed E-state index contributed by atoms with van der Waals surface area (Å²) in [7, 11) is 0. The predicted octanol–water partition coefficient (Wildman–Crippen LogP) is 1.49. The average Bonchev–Trinajstić information content (AvgIpc) is 2.73. The van der Waals surface area contributed by atoms with Gasteiger partial charge in [-0.15, -0.1) is 0 Å². The molecule has 0 aromatic heterocycles. The van der Waals surface area contributed by atoms with Crippen LogP contribution in [0.1, 0.15) is 18.9 Å². The summed E-state index contributed by atoms with van der Waals surface area (Å²) < 4.78 is 5.54. The largest absolute Gasteiger partial charge is 0.494 e. The van der Waals surface area contributed by atoms with Crippen LogP contribution in [0.25, 0.3) is 6.08 Å². The molecule has 1 aromatic carbocycles.